The van der Waals surface area contributed by atoms with E-state index in [-0.39, 0.29) is 0 Å². The number of nitrogens with zero attached hydrogens (tertiary/aromatic N) is 2. The van der Waals surface area contributed by atoms with E-state index in [2.05, 4.69) is 26.4 Å². The van der Waals surface area contributed by atoms with Gasteiger partial charge in [0.15, 0.2) is 5.11 Å². The maximum absolute atomic E-state index is 6.04. The summed E-state index contributed by atoms with van der Waals surface area (Å²) in [6.45, 7) is 1.97. The van der Waals surface area contributed by atoms with Crippen molar-refractivity contribution in [2.45, 2.75) is 13.3 Å². The summed E-state index contributed by atoms with van der Waals surface area (Å²) >= 11 is 16.4. The first-order valence-corrected chi connectivity index (χ1v) is 9.48. The van der Waals surface area contributed by atoms with E-state index in [9.17, 15) is 0 Å². The summed E-state index contributed by atoms with van der Waals surface area (Å²) in [7, 11) is 1.72. The fraction of sp³-hybridized carbons (Fsp3) is 0.158. The van der Waals surface area contributed by atoms with Crippen LogP contribution in [-0.4, -0.2) is 28.6 Å². The molecule has 2 rings (SSSR count). The zero-order valence-electron chi connectivity index (χ0n) is 15.0. The SMILES string of the molecule is CCC(=S)NN=C(C(=NNC(=S)NC)c1ccc(Cl)cc1)c1ccccc1. The highest BCUT2D eigenvalue weighted by atomic mass is 35.5. The van der Waals surface area contributed by atoms with E-state index in [1.54, 1.807) is 19.2 Å². The van der Waals surface area contributed by atoms with Gasteiger partial charge < -0.3 is 5.32 Å². The van der Waals surface area contributed by atoms with Crippen LogP contribution in [0.5, 0.6) is 0 Å². The lowest BCUT2D eigenvalue weighted by Gasteiger charge is -2.13. The first kappa shape index (κ1) is 21.0. The lowest BCUT2D eigenvalue weighted by Crippen LogP contribution is -2.32. The van der Waals surface area contributed by atoms with E-state index in [1.165, 1.54) is 0 Å². The van der Waals surface area contributed by atoms with Crippen LogP contribution >= 0.6 is 36.0 Å². The predicted molar refractivity (Wildman–Crippen MR) is 122 cm³/mol. The predicted octanol–water partition coefficient (Wildman–Crippen LogP) is 3.87. The van der Waals surface area contributed by atoms with Crippen LogP contribution in [0.3, 0.4) is 0 Å². The topological polar surface area (TPSA) is 60.8 Å². The second-order valence-electron chi connectivity index (χ2n) is 5.37. The second-order valence-corrected chi connectivity index (χ2v) is 6.71. The summed E-state index contributed by atoms with van der Waals surface area (Å²) in [5.41, 5.74) is 8.70. The van der Waals surface area contributed by atoms with Crippen molar-refractivity contribution >= 4 is 57.6 Å². The summed E-state index contributed by atoms with van der Waals surface area (Å²) in [4.78, 5) is 0.637. The molecule has 3 N–H and O–H groups in total. The van der Waals surface area contributed by atoms with Crippen molar-refractivity contribution in [1.29, 1.82) is 0 Å². The fourth-order valence-electron chi connectivity index (χ4n) is 2.07. The molecule has 140 valence electrons. The molecule has 2 aromatic carbocycles. The summed E-state index contributed by atoms with van der Waals surface area (Å²) in [5.74, 6) is 0. The normalized spacial score (nSPS) is 11.7. The Hall–Kier alpha value is -2.35. The molecule has 0 saturated carbocycles. The molecule has 0 aliphatic carbocycles. The molecule has 0 bridgehead atoms. The van der Waals surface area contributed by atoms with Gasteiger partial charge in [-0.3, -0.25) is 10.9 Å². The zero-order chi connectivity index (χ0) is 19.6. The highest BCUT2D eigenvalue weighted by Crippen LogP contribution is 2.14. The monoisotopic (exact) mass is 417 g/mol. The van der Waals surface area contributed by atoms with Gasteiger partial charge in [-0.15, -0.1) is 0 Å². The summed E-state index contributed by atoms with van der Waals surface area (Å²) < 4.78 is 0. The molecular weight excluding hydrogens is 398 g/mol. The molecule has 8 heteroatoms. The van der Waals surface area contributed by atoms with E-state index >= 15 is 0 Å². The van der Waals surface area contributed by atoms with Gasteiger partial charge >= 0.3 is 0 Å². The number of benzene rings is 2. The molecule has 0 amide bonds. The van der Waals surface area contributed by atoms with Gasteiger partial charge in [-0.2, -0.15) is 10.2 Å². The fourth-order valence-corrected chi connectivity index (χ4v) is 2.29. The van der Waals surface area contributed by atoms with Crippen LogP contribution in [0.15, 0.2) is 64.8 Å². The molecule has 0 aliphatic rings. The zero-order valence-corrected chi connectivity index (χ0v) is 17.4. The van der Waals surface area contributed by atoms with Crippen molar-refractivity contribution in [3.8, 4) is 0 Å². The smallest absolute Gasteiger partial charge is 0.186 e. The number of hydrogen-bond acceptors (Lipinski definition) is 4. The van der Waals surface area contributed by atoms with E-state index in [0.29, 0.717) is 33.0 Å². The minimum absolute atomic E-state index is 0.394. The Kier molecular flexibility index (Phi) is 8.32. The lowest BCUT2D eigenvalue weighted by atomic mass is 10.00. The molecule has 0 spiro atoms. The highest BCUT2D eigenvalue weighted by molar-refractivity contribution is 7.80. The highest BCUT2D eigenvalue weighted by Gasteiger charge is 2.16. The first-order valence-electron chi connectivity index (χ1n) is 8.28. The van der Waals surface area contributed by atoms with Crippen LogP contribution in [0.25, 0.3) is 0 Å². The number of thiocarbonyl (C=S) groups is 2. The van der Waals surface area contributed by atoms with Crippen molar-refractivity contribution in [2.75, 3.05) is 7.05 Å². The standard InChI is InChI=1S/C19H20ClN5S2/c1-3-16(26)22-23-17(13-7-5-4-6-8-13)18(24-25-19(27)21-2)14-9-11-15(20)12-10-14/h4-12H,3H2,1-2H3,(H,22,26)(H2,21,25,27). The molecule has 0 aliphatic heterocycles. The quantitative estimate of drug-likeness (QED) is 0.378. The maximum Gasteiger partial charge on any atom is 0.186 e. The largest absolute Gasteiger partial charge is 0.364 e. The maximum atomic E-state index is 6.04. The molecule has 5 nitrogen and oxygen atoms in total. The summed E-state index contributed by atoms with van der Waals surface area (Å²) in [6, 6.07) is 17.1. The Morgan fingerprint density at radius 1 is 0.889 bits per heavy atom. The Morgan fingerprint density at radius 3 is 2.00 bits per heavy atom. The molecule has 27 heavy (non-hydrogen) atoms. The lowest BCUT2D eigenvalue weighted by molar-refractivity contribution is 0.974. The molecule has 0 radical (unpaired) electrons. The number of hydrogen-bond donors (Lipinski definition) is 3. The van der Waals surface area contributed by atoms with Crippen LogP contribution in [-0.2, 0) is 0 Å². The first-order chi connectivity index (χ1) is 13.0. The molecule has 0 atom stereocenters. The summed E-state index contributed by atoms with van der Waals surface area (Å²) in [5, 5.41) is 12.9. The van der Waals surface area contributed by atoms with Gasteiger partial charge in [-0.05, 0) is 30.8 Å². The van der Waals surface area contributed by atoms with Gasteiger partial charge in [-0.25, -0.2) is 0 Å². The van der Waals surface area contributed by atoms with E-state index < -0.39 is 0 Å². The average molecular weight is 418 g/mol. The third-order valence-electron chi connectivity index (χ3n) is 3.50. The molecule has 0 aromatic heterocycles. The van der Waals surface area contributed by atoms with Crippen LogP contribution in [0.2, 0.25) is 5.02 Å². The van der Waals surface area contributed by atoms with Gasteiger partial charge in [0.05, 0.1) is 4.99 Å². The van der Waals surface area contributed by atoms with Gasteiger partial charge in [0.1, 0.15) is 11.4 Å². The number of nitrogens with one attached hydrogen (secondary N) is 3. The van der Waals surface area contributed by atoms with Crippen LogP contribution < -0.4 is 16.2 Å². The van der Waals surface area contributed by atoms with Gasteiger partial charge in [0, 0.05) is 23.2 Å². The third kappa shape index (κ3) is 6.39. The number of rotatable bonds is 6. The van der Waals surface area contributed by atoms with Crippen LogP contribution in [0.4, 0.5) is 0 Å². The molecule has 2 aromatic rings. The van der Waals surface area contributed by atoms with Crippen molar-refractivity contribution in [3.63, 3.8) is 0 Å². The Morgan fingerprint density at radius 2 is 1.44 bits per heavy atom. The van der Waals surface area contributed by atoms with Gasteiger partial charge in [-0.1, -0.05) is 73.2 Å². The average Bonchev–Trinajstić information content (AvgIpc) is 2.71. The Balaban J connectivity index is 2.56. The molecule has 0 unspecified atom stereocenters. The number of hydrazone groups is 2. The van der Waals surface area contributed by atoms with Crippen molar-refractivity contribution in [3.05, 3.63) is 70.7 Å². The third-order valence-corrected chi connectivity index (χ3v) is 4.43. The Labute approximate surface area is 174 Å². The molecule has 0 fully saturated rings. The van der Waals surface area contributed by atoms with E-state index in [0.717, 1.165) is 11.1 Å². The number of halogens is 1. The summed E-state index contributed by atoms with van der Waals surface area (Å²) in [6.07, 6.45) is 0.691. The van der Waals surface area contributed by atoms with Crippen molar-refractivity contribution < 1.29 is 0 Å². The minimum Gasteiger partial charge on any atom is -0.364 e. The second kappa shape index (κ2) is 10.7. The minimum atomic E-state index is 0.394. The Bertz CT molecular complexity index is 848. The van der Waals surface area contributed by atoms with Crippen LogP contribution in [0.1, 0.15) is 24.5 Å². The van der Waals surface area contributed by atoms with E-state index in [1.807, 2.05) is 49.4 Å². The van der Waals surface area contributed by atoms with Crippen molar-refractivity contribution in [2.24, 2.45) is 10.2 Å². The van der Waals surface area contributed by atoms with Crippen molar-refractivity contribution in [1.82, 2.24) is 16.2 Å². The molecular formula is C19H20ClN5S2. The van der Waals surface area contributed by atoms with E-state index in [4.69, 9.17) is 36.0 Å². The molecule has 0 saturated heterocycles. The van der Waals surface area contributed by atoms with Crippen LogP contribution in [0, 0.1) is 0 Å². The van der Waals surface area contributed by atoms with Gasteiger partial charge in [0.2, 0.25) is 0 Å². The van der Waals surface area contributed by atoms with Gasteiger partial charge in [0.25, 0.3) is 0 Å². The molecule has 0 heterocycles.